The second-order valence-electron chi connectivity index (χ2n) is 4.48. The SMILES string of the molecule is NNc1ncc([N+](=O)[O-])c(NC2CCC(O)CC2)n1. The molecule has 0 spiro atoms. The van der Waals surface area contributed by atoms with Crippen LogP contribution in [0, 0.1) is 10.1 Å². The third-order valence-corrected chi connectivity index (χ3v) is 3.13. The molecule has 0 saturated heterocycles. The summed E-state index contributed by atoms with van der Waals surface area (Å²) < 4.78 is 0. The van der Waals surface area contributed by atoms with Crippen LogP contribution < -0.4 is 16.6 Å². The molecule has 0 aliphatic heterocycles. The molecule has 1 aliphatic carbocycles. The zero-order valence-electron chi connectivity index (χ0n) is 10.2. The van der Waals surface area contributed by atoms with E-state index in [1.54, 1.807) is 0 Å². The summed E-state index contributed by atoms with van der Waals surface area (Å²) in [5.41, 5.74) is 2.06. The molecule has 0 aromatic carbocycles. The van der Waals surface area contributed by atoms with Crippen molar-refractivity contribution in [2.45, 2.75) is 37.8 Å². The lowest BCUT2D eigenvalue weighted by Gasteiger charge is -2.26. The Bertz CT molecular complexity index is 461. The predicted molar refractivity (Wildman–Crippen MR) is 68.4 cm³/mol. The number of aliphatic hydroxyl groups excluding tert-OH is 1. The van der Waals surface area contributed by atoms with E-state index >= 15 is 0 Å². The fourth-order valence-corrected chi connectivity index (χ4v) is 2.10. The molecule has 2 rings (SSSR count). The summed E-state index contributed by atoms with van der Waals surface area (Å²) in [6, 6.07) is 0.0580. The number of hydrogen-bond donors (Lipinski definition) is 4. The maximum atomic E-state index is 10.9. The van der Waals surface area contributed by atoms with Gasteiger partial charge in [-0.3, -0.25) is 15.5 Å². The van der Waals surface area contributed by atoms with Crippen molar-refractivity contribution in [3.05, 3.63) is 16.3 Å². The van der Waals surface area contributed by atoms with Crippen LogP contribution >= 0.6 is 0 Å². The lowest BCUT2D eigenvalue weighted by atomic mass is 9.93. The summed E-state index contributed by atoms with van der Waals surface area (Å²) in [5.74, 6) is 5.45. The van der Waals surface area contributed by atoms with E-state index in [1.165, 1.54) is 0 Å². The van der Waals surface area contributed by atoms with Crippen LogP contribution in [0.3, 0.4) is 0 Å². The first-order chi connectivity index (χ1) is 9.10. The molecular weight excluding hydrogens is 252 g/mol. The van der Waals surface area contributed by atoms with Gasteiger partial charge >= 0.3 is 5.69 Å². The molecule has 104 valence electrons. The van der Waals surface area contributed by atoms with E-state index in [0.29, 0.717) is 12.8 Å². The highest BCUT2D eigenvalue weighted by atomic mass is 16.6. The van der Waals surface area contributed by atoms with Gasteiger partial charge in [0.1, 0.15) is 6.20 Å². The highest BCUT2D eigenvalue weighted by Crippen LogP contribution is 2.26. The third kappa shape index (κ3) is 3.26. The summed E-state index contributed by atoms with van der Waals surface area (Å²) in [6.45, 7) is 0. The quantitative estimate of drug-likeness (QED) is 0.349. The van der Waals surface area contributed by atoms with E-state index in [9.17, 15) is 15.2 Å². The van der Waals surface area contributed by atoms with Crippen molar-refractivity contribution >= 4 is 17.5 Å². The smallest absolute Gasteiger partial charge is 0.329 e. The van der Waals surface area contributed by atoms with Crippen LogP contribution in [0.1, 0.15) is 25.7 Å². The van der Waals surface area contributed by atoms with Gasteiger partial charge in [-0.25, -0.2) is 10.8 Å². The van der Waals surface area contributed by atoms with Crippen LogP contribution in [0.25, 0.3) is 0 Å². The maximum Gasteiger partial charge on any atom is 0.329 e. The molecule has 1 aliphatic rings. The van der Waals surface area contributed by atoms with Crippen LogP contribution in [0.5, 0.6) is 0 Å². The first kappa shape index (κ1) is 13.4. The third-order valence-electron chi connectivity index (χ3n) is 3.13. The van der Waals surface area contributed by atoms with Crippen LogP contribution in [0.4, 0.5) is 17.5 Å². The van der Waals surface area contributed by atoms with Crippen LogP contribution in [-0.2, 0) is 0 Å². The van der Waals surface area contributed by atoms with Gasteiger partial charge in [0.2, 0.25) is 11.8 Å². The minimum absolute atomic E-state index is 0.0580. The molecule has 9 nitrogen and oxygen atoms in total. The van der Waals surface area contributed by atoms with E-state index in [4.69, 9.17) is 5.84 Å². The van der Waals surface area contributed by atoms with Gasteiger partial charge in [0.05, 0.1) is 11.0 Å². The lowest BCUT2D eigenvalue weighted by molar-refractivity contribution is -0.384. The van der Waals surface area contributed by atoms with E-state index in [-0.39, 0.29) is 29.6 Å². The van der Waals surface area contributed by atoms with Crippen LogP contribution in [0.2, 0.25) is 0 Å². The van der Waals surface area contributed by atoms with Crippen molar-refractivity contribution in [3.63, 3.8) is 0 Å². The molecule has 1 heterocycles. The molecule has 0 amide bonds. The lowest BCUT2D eigenvalue weighted by Crippen LogP contribution is -2.29. The molecule has 0 radical (unpaired) electrons. The van der Waals surface area contributed by atoms with Crippen molar-refractivity contribution in [1.82, 2.24) is 9.97 Å². The van der Waals surface area contributed by atoms with Crippen molar-refractivity contribution in [2.24, 2.45) is 5.84 Å². The number of hydrogen-bond acceptors (Lipinski definition) is 8. The van der Waals surface area contributed by atoms with Crippen molar-refractivity contribution in [2.75, 3.05) is 10.7 Å². The first-order valence-electron chi connectivity index (χ1n) is 6.02. The number of aliphatic hydroxyl groups is 1. The number of nitro groups is 1. The van der Waals surface area contributed by atoms with E-state index in [0.717, 1.165) is 19.0 Å². The van der Waals surface area contributed by atoms with Crippen LogP contribution in [-0.4, -0.2) is 32.1 Å². The molecule has 0 bridgehead atoms. The highest BCUT2D eigenvalue weighted by Gasteiger charge is 2.24. The number of aromatic nitrogens is 2. The monoisotopic (exact) mass is 268 g/mol. The Morgan fingerprint density at radius 2 is 2.11 bits per heavy atom. The average Bonchev–Trinajstić information content (AvgIpc) is 2.41. The molecule has 1 aromatic rings. The van der Waals surface area contributed by atoms with E-state index < -0.39 is 4.92 Å². The maximum absolute atomic E-state index is 10.9. The Balaban J connectivity index is 2.15. The Labute approximate surface area is 109 Å². The van der Waals surface area contributed by atoms with Gasteiger partial charge in [-0.15, -0.1) is 0 Å². The van der Waals surface area contributed by atoms with Crippen LogP contribution in [0.15, 0.2) is 6.20 Å². The second-order valence-corrected chi connectivity index (χ2v) is 4.48. The fourth-order valence-electron chi connectivity index (χ4n) is 2.10. The second kappa shape index (κ2) is 5.76. The van der Waals surface area contributed by atoms with Gasteiger partial charge < -0.3 is 10.4 Å². The van der Waals surface area contributed by atoms with Crippen molar-refractivity contribution < 1.29 is 10.0 Å². The summed E-state index contributed by atoms with van der Waals surface area (Å²) in [6.07, 6.45) is 3.68. The predicted octanol–water partition coefficient (Wildman–Crippen LogP) is 0.386. The Hall–Kier alpha value is -2.00. The Kier molecular flexibility index (Phi) is 4.07. The number of nitrogens with one attached hydrogen (secondary N) is 2. The van der Waals surface area contributed by atoms with Crippen molar-refractivity contribution in [3.8, 4) is 0 Å². The van der Waals surface area contributed by atoms with Gasteiger partial charge in [-0.05, 0) is 25.7 Å². The zero-order valence-corrected chi connectivity index (χ0v) is 10.2. The summed E-state index contributed by atoms with van der Waals surface area (Å²) >= 11 is 0. The van der Waals surface area contributed by atoms with Gasteiger partial charge in [-0.2, -0.15) is 4.98 Å². The number of nitrogens with two attached hydrogens (primary N) is 1. The van der Waals surface area contributed by atoms with Crippen molar-refractivity contribution in [1.29, 1.82) is 0 Å². The normalized spacial score (nSPS) is 22.8. The van der Waals surface area contributed by atoms with Gasteiger partial charge in [-0.1, -0.05) is 0 Å². The van der Waals surface area contributed by atoms with E-state index in [2.05, 4.69) is 20.7 Å². The number of hydrazine groups is 1. The molecular formula is C10H16N6O3. The summed E-state index contributed by atoms with van der Waals surface area (Å²) in [7, 11) is 0. The summed E-state index contributed by atoms with van der Waals surface area (Å²) in [4.78, 5) is 18.0. The van der Waals surface area contributed by atoms with Gasteiger partial charge in [0.15, 0.2) is 0 Å². The summed E-state index contributed by atoms with van der Waals surface area (Å²) in [5, 5.41) is 23.4. The van der Waals surface area contributed by atoms with Gasteiger partial charge in [0, 0.05) is 6.04 Å². The first-order valence-corrected chi connectivity index (χ1v) is 6.02. The molecule has 1 aromatic heterocycles. The number of rotatable bonds is 4. The average molecular weight is 268 g/mol. The number of nitrogen functional groups attached to an aromatic ring is 1. The van der Waals surface area contributed by atoms with Gasteiger partial charge in [0.25, 0.3) is 0 Å². The molecule has 9 heteroatoms. The van der Waals surface area contributed by atoms with E-state index in [1.807, 2.05) is 0 Å². The minimum atomic E-state index is -0.541. The zero-order chi connectivity index (χ0) is 13.8. The molecule has 1 fully saturated rings. The minimum Gasteiger partial charge on any atom is -0.393 e. The standard InChI is InChI=1S/C10H16N6O3/c11-15-10-12-5-8(16(18)19)9(14-10)13-6-1-3-7(17)4-2-6/h5-7,17H,1-4,11H2,(H2,12,13,14,15). The number of nitrogens with zero attached hydrogens (tertiary/aromatic N) is 3. The molecule has 5 N–H and O–H groups in total. The molecule has 0 atom stereocenters. The molecule has 19 heavy (non-hydrogen) atoms. The highest BCUT2D eigenvalue weighted by molar-refractivity contribution is 5.57. The fraction of sp³-hybridized carbons (Fsp3) is 0.600. The topological polar surface area (TPSA) is 139 Å². The molecule has 1 saturated carbocycles. The Morgan fingerprint density at radius 3 is 2.68 bits per heavy atom. The largest absolute Gasteiger partial charge is 0.393 e. The Morgan fingerprint density at radius 1 is 1.42 bits per heavy atom. The number of anilines is 2. The molecule has 0 unspecified atom stereocenters.